The SMILES string of the molecule is CC(C)(C)C1(N(CC2CC2)C(=O)O)C=C(c2nc(C(=O)Nc3cn(-c4ccc(CO)cc4)nc3C(F)(F)F)co2)C=CN1. The number of hydrogen-bond donors (Lipinski definition) is 4. The van der Waals surface area contributed by atoms with Crippen molar-refractivity contribution in [3.05, 3.63) is 77.9 Å². The first-order chi connectivity index (χ1) is 20.2. The molecule has 1 saturated carbocycles. The Morgan fingerprint density at radius 3 is 2.49 bits per heavy atom. The zero-order valence-electron chi connectivity index (χ0n) is 23.6. The number of anilines is 1. The summed E-state index contributed by atoms with van der Waals surface area (Å²) >= 11 is 0. The minimum absolute atomic E-state index is 0.0102. The molecule has 0 radical (unpaired) electrons. The minimum Gasteiger partial charge on any atom is -0.465 e. The second-order valence-electron chi connectivity index (χ2n) is 11.6. The zero-order chi connectivity index (χ0) is 31.2. The van der Waals surface area contributed by atoms with Gasteiger partial charge in [0, 0.05) is 17.5 Å². The number of allylic oxidation sites excluding steroid dienone is 2. The van der Waals surface area contributed by atoms with Crippen LogP contribution >= 0.6 is 0 Å². The van der Waals surface area contributed by atoms with E-state index in [1.807, 2.05) is 20.8 Å². The number of carbonyl (C=O) groups is 2. The van der Waals surface area contributed by atoms with Gasteiger partial charge < -0.3 is 25.3 Å². The molecular weight excluding hydrogens is 569 g/mol. The molecule has 1 aliphatic heterocycles. The lowest BCUT2D eigenvalue weighted by Crippen LogP contribution is -2.66. The zero-order valence-corrected chi connectivity index (χ0v) is 23.6. The van der Waals surface area contributed by atoms with Gasteiger partial charge in [0.1, 0.15) is 11.9 Å². The molecular formula is C29H31F3N6O5. The molecule has 14 heteroatoms. The third kappa shape index (κ3) is 6.00. The highest BCUT2D eigenvalue weighted by molar-refractivity contribution is 6.03. The molecule has 3 aromatic rings. The van der Waals surface area contributed by atoms with E-state index in [-0.39, 0.29) is 29.8 Å². The summed E-state index contributed by atoms with van der Waals surface area (Å²) in [6.07, 6.45) is 2.86. The van der Waals surface area contributed by atoms with Gasteiger partial charge in [-0.25, -0.2) is 14.5 Å². The molecule has 1 unspecified atom stereocenters. The highest BCUT2D eigenvalue weighted by atomic mass is 19.4. The van der Waals surface area contributed by atoms with E-state index in [0.717, 1.165) is 30.0 Å². The molecule has 4 N–H and O–H groups in total. The largest absolute Gasteiger partial charge is 0.465 e. The van der Waals surface area contributed by atoms with Gasteiger partial charge >= 0.3 is 12.3 Å². The van der Waals surface area contributed by atoms with Crippen LogP contribution in [0.4, 0.5) is 23.7 Å². The summed E-state index contributed by atoms with van der Waals surface area (Å²) < 4.78 is 47.9. The number of nitrogens with zero attached hydrogens (tertiary/aromatic N) is 4. The van der Waals surface area contributed by atoms with Crippen LogP contribution in [0.1, 0.15) is 61.2 Å². The van der Waals surface area contributed by atoms with Crippen molar-refractivity contribution >= 4 is 23.3 Å². The van der Waals surface area contributed by atoms with E-state index >= 15 is 0 Å². The third-order valence-electron chi connectivity index (χ3n) is 7.47. The van der Waals surface area contributed by atoms with E-state index in [9.17, 15) is 33.0 Å². The molecule has 1 aromatic carbocycles. The summed E-state index contributed by atoms with van der Waals surface area (Å²) in [6.45, 7) is 5.78. The van der Waals surface area contributed by atoms with Gasteiger partial charge in [0.15, 0.2) is 11.4 Å². The molecule has 0 spiro atoms. The first-order valence-corrected chi connectivity index (χ1v) is 13.5. The van der Waals surface area contributed by atoms with Crippen molar-refractivity contribution < 1.29 is 37.4 Å². The van der Waals surface area contributed by atoms with Gasteiger partial charge in [0.25, 0.3) is 5.91 Å². The molecule has 5 rings (SSSR count). The van der Waals surface area contributed by atoms with Gasteiger partial charge in [-0.1, -0.05) is 32.9 Å². The van der Waals surface area contributed by atoms with Gasteiger partial charge in [0.05, 0.1) is 24.2 Å². The molecule has 2 amide bonds. The topological polar surface area (TPSA) is 146 Å². The highest BCUT2D eigenvalue weighted by Crippen LogP contribution is 2.42. The molecule has 2 aliphatic rings. The number of benzene rings is 1. The Balaban J connectivity index is 1.43. The van der Waals surface area contributed by atoms with Crippen LogP contribution in [0.2, 0.25) is 0 Å². The fourth-order valence-corrected chi connectivity index (χ4v) is 4.89. The van der Waals surface area contributed by atoms with E-state index < -0.39 is 40.6 Å². The predicted octanol–water partition coefficient (Wildman–Crippen LogP) is 5.26. The van der Waals surface area contributed by atoms with Gasteiger partial charge in [0.2, 0.25) is 5.89 Å². The van der Waals surface area contributed by atoms with Crippen LogP contribution in [-0.2, 0) is 12.8 Å². The number of carbonyl (C=O) groups excluding carboxylic acids is 1. The average molecular weight is 601 g/mol. The summed E-state index contributed by atoms with van der Waals surface area (Å²) in [5.41, 5.74) is -2.73. The second-order valence-corrected chi connectivity index (χ2v) is 11.6. The van der Waals surface area contributed by atoms with Crippen molar-refractivity contribution in [3.8, 4) is 5.69 Å². The lowest BCUT2D eigenvalue weighted by Gasteiger charge is -2.50. The van der Waals surface area contributed by atoms with E-state index in [1.54, 1.807) is 30.5 Å². The van der Waals surface area contributed by atoms with Crippen molar-refractivity contribution in [1.29, 1.82) is 0 Å². The molecule has 228 valence electrons. The van der Waals surface area contributed by atoms with Crippen molar-refractivity contribution in [3.63, 3.8) is 0 Å². The van der Waals surface area contributed by atoms with Crippen molar-refractivity contribution in [2.24, 2.45) is 11.3 Å². The number of carboxylic acid groups (broad SMARTS) is 1. The fraction of sp³-hybridized carbons (Fsp3) is 0.379. The number of aromatic nitrogens is 3. The Kier molecular flexibility index (Phi) is 7.59. The predicted molar refractivity (Wildman–Crippen MR) is 149 cm³/mol. The number of nitrogens with one attached hydrogen (secondary N) is 2. The minimum atomic E-state index is -4.87. The lowest BCUT2D eigenvalue weighted by atomic mass is 9.76. The third-order valence-corrected chi connectivity index (χ3v) is 7.47. The highest BCUT2D eigenvalue weighted by Gasteiger charge is 2.50. The Bertz CT molecular complexity index is 1580. The summed E-state index contributed by atoms with van der Waals surface area (Å²) in [4.78, 5) is 31.0. The maximum absolute atomic E-state index is 13.8. The van der Waals surface area contributed by atoms with Gasteiger partial charge in [-0.3, -0.25) is 9.69 Å². The quantitative estimate of drug-likeness (QED) is 0.274. The molecule has 43 heavy (non-hydrogen) atoms. The number of aliphatic hydroxyl groups is 1. The second kappa shape index (κ2) is 10.9. The number of amides is 2. The number of halogens is 3. The van der Waals surface area contributed by atoms with E-state index in [1.165, 1.54) is 17.0 Å². The molecule has 3 heterocycles. The summed E-state index contributed by atoms with van der Waals surface area (Å²) in [6, 6.07) is 6.06. The van der Waals surface area contributed by atoms with Crippen LogP contribution < -0.4 is 10.6 Å². The molecule has 0 saturated heterocycles. The van der Waals surface area contributed by atoms with Crippen molar-refractivity contribution in [1.82, 2.24) is 25.0 Å². The van der Waals surface area contributed by atoms with Gasteiger partial charge in [-0.15, -0.1) is 0 Å². The molecule has 1 fully saturated rings. The first-order valence-electron chi connectivity index (χ1n) is 13.5. The monoisotopic (exact) mass is 600 g/mol. The summed E-state index contributed by atoms with van der Waals surface area (Å²) in [5.74, 6) is -0.705. The van der Waals surface area contributed by atoms with E-state index in [0.29, 0.717) is 17.7 Å². The summed E-state index contributed by atoms with van der Waals surface area (Å²) in [5, 5.41) is 28.4. The van der Waals surface area contributed by atoms with Crippen LogP contribution in [-0.4, -0.2) is 54.1 Å². The first kappa shape index (κ1) is 29.9. The van der Waals surface area contributed by atoms with Crippen molar-refractivity contribution in [2.45, 2.75) is 52.1 Å². The smallest absolute Gasteiger partial charge is 0.437 e. The molecule has 0 bridgehead atoms. The lowest BCUT2D eigenvalue weighted by molar-refractivity contribution is -0.140. The Hall–Kier alpha value is -4.59. The summed E-state index contributed by atoms with van der Waals surface area (Å²) in [7, 11) is 0. The molecule has 2 aromatic heterocycles. The number of hydrogen-bond acceptors (Lipinski definition) is 7. The number of aliphatic hydroxyl groups excluding tert-OH is 1. The number of oxazole rings is 1. The van der Waals surface area contributed by atoms with Crippen LogP contribution in [0.25, 0.3) is 11.3 Å². The van der Waals surface area contributed by atoms with Crippen LogP contribution in [0.3, 0.4) is 0 Å². The molecule has 11 nitrogen and oxygen atoms in total. The average Bonchev–Trinajstić information content (AvgIpc) is 3.44. The number of dihydropyridines is 1. The van der Waals surface area contributed by atoms with Crippen LogP contribution in [0, 0.1) is 11.3 Å². The molecule has 1 atom stereocenters. The fourth-order valence-electron chi connectivity index (χ4n) is 4.89. The van der Waals surface area contributed by atoms with Crippen LogP contribution in [0.15, 0.2) is 59.5 Å². The maximum atomic E-state index is 13.8. The Morgan fingerprint density at radius 1 is 1.21 bits per heavy atom. The standard InChI is InChI=1S/C29H31F3N6O5/c1-27(2,3)28(37(26(41)42)13-17-4-5-17)12-19(10-11-33-28)25-35-22(16-43-25)24(40)34-21-14-38(36-23(21)29(30,31)32)20-8-6-18(15-39)7-9-20/h6-12,14,16-17,33,39H,4-5,13,15H2,1-3H3,(H,34,40)(H,41,42). The van der Waals surface area contributed by atoms with Crippen molar-refractivity contribution in [2.75, 3.05) is 11.9 Å². The van der Waals surface area contributed by atoms with E-state index in [2.05, 4.69) is 20.7 Å². The Labute approximate surface area is 244 Å². The Morgan fingerprint density at radius 2 is 1.91 bits per heavy atom. The van der Waals surface area contributed by atoms with Gasteiger partial charge in [-0.2, -0.15) is 18.3 Å². The van der Waals surface area contributed by atoms with Gasteiger partial charge in [-0.05, 0) is 54.8 Å². The molecule has 1 aliphatic carbocycles. The maximum Gasteiger partial charge on any atom is 0.437 e. The van der Waals surface area contributed by atoms with Crippen LogP contribution in [0.5, 0.6) is 0 Å². The normalized spacial score (nSPS) is 18.6. The van der Waals surface area contributed by atoms with E-state index in [4.69, 9.17) is 4.42 Å². The number of alkyl halides is 3. The number of rotatable bonds is 8.